The highest BCUT2D eigenvalue weighted by Crippen LogP contribution is 2.38. The van der Waals surface area contributed by atoms with Crippen molar-refractivity contribution in [3.05, 3.63) is 23.9 Å². The normalized spacial score (nSPS) is 24.8. The molecule has 4 atom stereocenters. The molecule has 3 amide bonds. The van der Waals surface area contributed by atoms with Crippen LogP contribution in [-0.2, 0) is 9.53 Å². The van der Waals surface area contributed by atoms with E-state index in [1.807, 2.05) is 5.32 Å². The molecule has 184 valence electrons. The van der Waals surface area contributed by atoms with Gasteiger partial charge in [0, 0.05) is 26.1 Å². The van der Waals surface area contributed by atoms with Gasteiger partial charge in [0.2, 0.25) is 11.8 Å². The summed E-state index contributed by atoms with van der Waals surface area (Å²) in [5.41, 5.74) is 6.29. The number of hydrogen-bond acceptors (Lipinski definition) is 5. The Morgan fingerprint density at radius 2 is 2.18 bits per heavy atom. The van der Waals surface area contributed by atoms with Gasteiger partial charge in [0.05, 0.1) is 25.2 Å². The van der Waals surface area contributed by atoms with Gasteiger partial charge in [0.15, 0.2) is 0 Å². The second kappa shape index (κ2) is 9.75. The second-order valence-electron chi connectivity index (χ2n) is 8.37. The average Bonchev–Trinajstić information content (AvgIpc) is 3.12. The molecule has 0 aromatic carbocycles. The van der Waals surface area contributed by atoms with Crippen molar-refractivity contribution in [1.82, 2.24) is 15.2 Å². The number of rotatable bonds is 7. The Morgan fingerprint density at radius 1 is 1.45 bits per heavy atom. The van der Waals surface area contributed by atoms with Crippen LogP contribution >= 0.6 is 0 Å². The second-order valence-corrected chi connectivity index (χ2v) is 8.37. The first-order valence-corrected chi connectivity index (χ1v) is 10.4. The molecular weight excluding hydrogens is 453 g/mol. The molecule has 4 N–H and O–H groups in total. The molecule has 1 unspecified atom stereocenters. The number of pyridine rings is 1. The van der Waals surface area contributed by atoms with Crippen molar-refractivity contribution >= 4 is 17.8 Å². The van der Waals surface area contributed by atoms with Gasteiger partial charge in [0.25, 0.3) is 0 Å². The lowest BCUT2D eigenvalue weighted by molar-refractivity contribution is -0.150. The minimum Gasteiger partial charge on any atom is -0.382 e. The number of urea groups is 1. The van der Waals surface area contributed by atoms with Crippen LogP contribution in [0.2, 0.25) is 0 Å². The van der Waals surface area contributed by atoms with E-state index >= 15 is 0 Å². The molecule has 1 aromatic rings. The summed E-state index contributed by atoms with van der Waals surface area (Å²) in [4.78, 5) is 29.7. The molecule has 1 saturated carbocycles. The molecule has 1 aliphatic heterocycles. The van der Waals surface area contributed by atoms with Crippen LogP contribution in [-0.4, -0.2) is 66.3 Å². The first-order chi connectivity index (χ1) is 15.4. The van der Waals surface area contributed by atoms with Crippen LogP contribution in [0.25, 0.3) is 0 Å². The van der Waals surface area contributed by atoms with Crippen molar-refractivity contribution in [2.24, 2.45) is 11.7 Å². The van der Waals surface area contributed by atoms with Gasteiger partial charge in [0.1, 0.15) is 11.9 Å². The van der Waals surface area contributed by atoms with Crippen molar-refractivity contribution < 1.29 is 36.3 Å². The van der Waals surface area contributed by atoms with E-state index in [1.165, 1.54) is 25.4 Å². The number of carbonyl (C=O) groups is 2. The minimum absolute atomic E-state index is 0.0311. The molecule has 1 saturated heterocycles. The summed E-state index contributed by atoms with van der Waals surface area (Å²) in [7, 11) is 1.34. The summed E-state index contributed by atoms with van der Waals surface area (Å²) in [5.74, 6) is -4.22. The maximum atomic E-state index is 13.7. The number of methoxy groups -OCH3 is 1. The summed E-state index contributed by atoms with van der Waals surface area (Å²) >= 11 is 0. The SMILES string of the molecule is COC[C@H](c1ccnc(NC(=O)[C@H](N)C2CCCC(F)(F)C2)c1)N1C[C@@H](C(F)(F)F)NC1=O. The zero-order valence-corrected chi connectivity index (χ0v) is 17.9. The van der Waals surface area contributed by atoms with E-state index in [-0.39, 0.29) is 25.3 Å². The number of hydrogen-bond donors (Lipinski definition) is 3. The molecule has 3 rings (SSSR count). The van der Waals surface area contributed by atoms with Gasteiger partial charge in [-0.15, -0.1) is 0 Å². The highest BCUT2D eigenvalue weighted by molar-refractivity contribution is 5.94. The highest BCUT2D eigenvalue weighted by Gasteiger charge is 2.48. The maximum Gasteiger partial charge on any atom is 0.410 e. The first kappa shape index (κ1) is 25.1. The van der Waals surface area contributed by atoms with Crippen LogP contribution in [0.3, 0.4) is 0 Å². The van der Waals surface area contributed by atoms with Crippen LogP contribution in [0.15, 0.2) is 18.3 Å². The van der Waals surface area contributed by atoms with E-state index in [4.69, 9.17) is 10.5 Å². The van der Waals surface area contributed by atoms with Gasteiger partial charge in [-0.3, -0.25) is 4.79 Å². The van der Waals surface area contributed by atoms with Gasteiger partial charge >= 0.3 is 12.2 Å². The third-order valence-corrected chi connectivity index (χ3v) is 5.94. The highest BCUT2D eigenvalue weighted by atomic mass is 19.4. The Bertz CT molecular complexity index is 869. The predicted molar refractivity (Wildman–Crippen MR) is 107 cm³/mol. The number of nitrogens with one attached hydrogen (secondary N) is 2. The predicted octanol–water partition coefficient (Wildman–Crippen LogP) is 2.82. The number of alkyl halides is 5. The van der Waals surface area contributed by atoms with Crippen LogP contribution in [0.1, 0.15) is 37.3 Å². The van der Waals surface area contributed by atoms with E-state index in [9.17, 15) is 31.5 Å². The fourth-order valence-electron chi connectivity index (χ4n) is 4.20. The molecule has 2 fully saturated rings. The number of carbonyl (C=O) groups excluding carboxylic acids is 2. The molecule has 13 heteroatoms. The summed E-state index contributed by atoms with van der Waals surface area (Å²) < 4.78 is 71.6. The zero-order chi connectivity index (χ0) is 24.4. The Morgan fingerprint density at radius 3 is 2.79 bits per heavy atom. The monoisotopic (exact) mass is 479 g/mol. The topological polar surface area (TPSA) is 110 Å². The van der Waals surface area contributed by atoms with E-state index in [2.05, 4.69) is 10.3 Å². The number of nitrogens with zero attached hydrogens (tertiary/aromatic N) is 2. The Kier molecular flexibility index (Phi) is 7.42. The fraction of sp³-hybridized carbons (Fsp3) is 0.650. The van der Waals surface area contributed by atoms with Gasteiger partial charge < -0.3 is 26.0 Å². The smallest absolute Gasteiger partial charge is 0.382 e. The quantitative estimate of drug-likeness (QED) is 0.521. The molecule has 8 nitrogen and oxygen atoms in total. The van der Waals surface area contributed by atoms with Crippen molar-refractivity contribution in [3.8, 4) is 0 Å². The van der Waals surface area contributed by atoms with E-state index in [0.717, 1.165) is 4.90 Å². The lowest BCUT2D eigenvalue weighted by Gasteiger charge is -2.32. The van der Waals surface area contributed by atoms with Crippen molar-refractivity contribution in [2.75, 3.05) is 25.6 Å². The van der Waals surface area contributed by atoms with E-state index in [1.54, 1.807) is 0 Å². The Balaban J connectivity index is 1.73. The van der Waals surface area contributed by atoms with Crippen LogP contribution in [0.4, 0.5) is 32.6 Å². The molecule has 2 heterocycles. The van der Waals surface area contributed by atoms with Crippen molar-refractivity contribution in [1.29, 1.82) is 0 Å². The summed E-state index contributed by atoms with van der Waals surface area (Å²) in [6.07, 6.45) is -3.34. The average molecular weight is 479 g/mol. The molecular formula is C20H26F5N5O3. The third-order valence-electron chi connectivity index (χ3n) is 5.94. The van der Waals surface area contributed by atoms with Crippen LogP contribution in [0.5, 0.6) is 0 Å². The number of anilines is 1. The molecule has 0 bridgehead atoms. The number of ether oxygens (including phenoxy) is 1. The van der Waals surface area contributed by atoms with Crippen molar-refractivity contribution in [2.45, 2.75) is 55.9 Å². The molecule has 1 aliphatic carbocycles. The molecule has 0 spiro atoms. The summed E-state index contributed by atoms with van der Waals surface area (Å²) in [6, 6.07) is -2.10. The molecule has 33 heavy (non-hydrogen) atoms. The largest absolute Gasteiger partial charge is 0.410 e. The lowest BCUT2D eigenvalue weighted by Crippen LogP contribution is -2.45. The Hall–Kier alpha value is -2.54. The van der Waals surface area contributed by atoms with Crippen molar-refractivity contribution in [3.63, 3.8) is 0 Å². The third kappa shape index (κ3) is 6.08. The molecule has 1 aromatic heterocycles. The summed E-state index contributed by atoms with van der Waals surface area (Å²) in [6.45, 7) is -0.715. The zero-order valence-electron chi connectivity index (χ0n) is 17.9. The van der Waals surface area contributed by atoms with Gasteiger partial charge in [-0.05, 0) is 36.5 Å². The number of nitrogens with two attached hydrogens (primary N) is 1. The van der Waals surface area contributed by atoms with Crippen LogP contribution < -0.4 is 16.4 Å². The standard InChI is InChI=1S/C20H26F5N5O3/c1-33-10-13(30-9-14(20(23,24)25)28-18(30)32)11-4-6-27-15(7-11)29-17(31)16(26)12-3-2-5-19(21,22)8-12/h4,6-7,12-14,16H,2-3,5,8-10,26H2,1H3,(H,28,32)(H,27,29,31)/t12?,13-,14+,16-/m1/s1. The number of halogens is 5. The molecule has 0 radical (unpaired) electrons. The van der Waals surface area contributed by atoms with Gasteiger partial charge in [-0.2, -0.15) is 13.2 Å². The maximum absolute atomic E-state index is 13.7. The fourth-order valence-corrected chi connectivity index (χ4v) is 4.20. The van der Waals surface area contributed by atoms with E-state index in [0.29, 0.717) is 12.0 Å². The van der Waals surface area contributed by atoms with Crippen LogP contribution in [0, 0.1) is 5.92 Å². The van der Waals surface area contributed by atoms with Gasteiger partial charge in [-0.25, -0.2) is 18.6 Å². The lowest BCUT2D eigenvalue weighted by atomic mass is 9.82. The number of aromatic nitrogens is 1. The van der Waals surface area contributed by atoms with Gasteiger partial charge in [-0.1, -0.05) is 0 Å². The molecule has 2 aliphatic rings. The number of amides is 3. The van der Waals surface area contributed by atoms with E-state index < -0.39 is 61.0 Å². The summed E-state index contributed by atoms with van der Waals surface area (Å²) in [5, 5.41) is 4.38. The minimum atomic E-state index is -4.61. The Labute approximate surface area is 187 Å². The first-order valence-electron chi connectivity index (χ1n) is 10.4.